The standard InChI is InChI=1S/C19H14BrClN2O4/c1-11(19(25)26)27-17-7-6-13(20)8-14(17)18(24)12-9-22-23(10-12)16-5-3-2-4-15(16)21/h2-11H,1H3,(H,25,26). The highest BCUT2D eigenvalue weighted by atomic mass is 79.9. The van der Waals surface area contributed by atoms with E-state index < -0.39 is 12.1 Å². The van der Waals surface area contributed by atoms with Crippen molar-refractivity contribution in [3.8, 4) is 11.4 Å². The van der Waals surface area contributed by atoms with Gasteiger partial charge in [0.25, 0.3) is 0 Å². The molecule has 8 heteroatoms. The first kappa shape index (κ1) is 19.1. The number of carbonyl (C=O) groups is 2. The summed E-state index contributed by atoms with van der Waals surface area (Å²) >= 11 is 9.49. The molecule has 1 aromatic heterocycles. The molecule has 3 rings (SSSR count). The van der Waals surface area contributed by atoms with E-state index in [9.17, 15) is 9.59 Å². The Hall–Kier alpha value is -2.64. The first-order valence-electron chi connectivity index (χ1n) is 7.90. The predicted molar refractivity (Wildman–Crippen MR) is 104 cm³/mol. The van der Waals surface area contributed by atoms with Gasteiger partial charge in [-0.15, -0.1) is 0 Å². The number of carbonyl (C=O) groups excluding carboxylic acids is 1. The molecule has 2 aromatic carbocycles. The fourth-order valence-electron chi connectivity index (χ4n) is 2.39. The maximum absolute atomic E-state index is 13.0. The van der Waals surface area contributed by atoms with Gasteiger partial charge in [0.2, 0.25) is 0 Å². The fourth-order valence-corrected chi connectivity index (χ4v) is 2.97. The maximum atomic E-state index is 13.0. The van der Waals surface area contributed by atoms with Gasteiger partial charge in [-0.05, 0) is 37.3 Å². The minimum atomic E-state index is -1.12. The van der Waals surface area contributed by atoms with E-state index in [0.717, 1.165) is 0 Å². The van der Waals surface area contributed by atoms with Gasteiger partial charge in [-0.2, -0.15) is 5.10 Å². The van der Waals surface area contributed by atoms with Crippen molar-refractivity contribution in [2.24, 2.45) is 0 Å². The Bertz CT molecular complexity index is 1020. The van der Waals surface area contributed by atoms with Gasteiger partial charge in [0.15, 0.2) is 11.9 Å². The van der Waals surface area contributed by atoms with Crippen LogP contribution in [0.2, 0.25) is 5.02 Å². The quantitative estimate of drug-likeness (QED) is 0.565. The lowest BCUT2D eigenvalue weighted by Gasteiger charge is -2.14. The number of para-hydroxylation sites is 1. The Morgan fingerprint density at radius 1 is 1.26 bits per heavy atom. The van der Waals surface area contributed by atoms with Gasteiger partial charge in [0.1, 0.15) is 5.75 Å². The summed E-state index contributed by atoms with van der Waals surface area (Å²) in [5, 5.41) is 13.8. The Morgan fingerprint density at radius 2 is 2.00 bits per heavy atom. The molecule has 0 aliphatic carbocycles. The van der Waals surface area contributed by atoms with Gasteiger partial charge < -0.3 is 9.84 Å². The molecule has 0 saturated heterocycles. The van der Waals surface area contributed by atoms with Crippen molar-refractivity contribution < 1.29 is 19.4 Å². The summed E-state index contributed by atoms with van der Waals surface area (Å²) in [6.07, 6.45) is 1.90. The molecule has 1 heterocycles. The van der Waals surface area contributed by atoms with E-state index in [0.29, 0.717) is 20.7 Å². The van der Waals surface area contributed by atoms with Crippen LogP contribution in [0.5, 0.6) is 5.75 Å². The Labute approximate surface area is 168 Å². The summed E-state index contributed by atoms with van der Waals surface area (Å²) in [5.74, 6) is -1.28. The van der Waals surface area contributed by atoms with Crippen molar-refractivity contribution in [3.63, 3.8) is 0 Å². The van der Waals surface area contributed by atoms with Crippen LogP contribution >= 0.6 is 27.5 Å². The van der Waals surface area contributed by atoms with Crippen LogP contribution in [0, 0.1) is 0 Å². The van der Waals surface area contributed by atoms with Crippen LogP contribution in [0.1, 0.15) is 22.8 Å². The number of halogens is 2. The number of rotatable bonds is 6. The second-order valence-corrected chi connectivity index (χ2v) is 7.02. The lowest BCUT2D eigenvalue weighted by molar-refractivity contribution is -0.144. The second-order valence-electron chi connectivity index (χ2n) is 5.69. The van der Waals surface area contributed by atoms with E-state index in [2.05, 4.69) is 21.0 Å². The first-order valence-corrected chi connectivity index (χ1v) is 9.07. The van der Waals surface area contributed by atoms with Crippen molar-refractivity contribution in [2.75, 3.05) is 0 Å². The molecule has 1 atom stereocenters. The van der Waals surface area contributed by atoms with Crippen LogP contribution in [0.4, 0.5) is 0 Å². The summed E-state index contributed by atoms with van der Waals surface area (Å²) in [5.41, 5.74) is 1.19. The van der Waals surface area contributed by atoms with Crippen molar-refractivity contribution in [1.29, 1.82) is 0 Å². The number of aromatic nitrogens is 2. The Balaban J connectivity index is 1.96. The monoisotopic (exact) mass is 448 g/mol. The van der Waals surface area contributed by atoms with Crippen molar-refractivity contribution in [3.05, 3.63) is 75.5 Å². The SMILES string of the molecule is CC(Oc1ccc(Br)cc1C(=O)c1cnn(-c2ccccc2Cl)c1)C(=O)O. The number of aliphatic carboxylic acids is 1. The van der Waals surface area contributed by atoms with Crippen molar-refractivity contribution in [1.82, 2.24) is 9.78 Å². The van der Waals surface area contributed by atoms with Crippen LogP contribution < -0.4 is 4.74 Å². The van der Waals surface area contributed by atoms with E-state index in [1.165, 1.54) is 17.8 Å². The number of carboxylic acids is 1. The van der Waals surface area contributed by atoms with E-state index in [1.807, 2.05) is 6.07 Å². The van der Waals surface area contributed by atoms with E-state index in [1.54, 1.807) is 42.6 Å². The van der Waals surface area contributed by atoms with Gasteiger partial charge in [-0.3, -0.25) is 4.79 Å². The highest BCUT2D eigenvalue weighted by Crippen LogP contribution is 2.27. The molecule has 138 valence electrons. The fraction of sp³-hybridized carbons (Fsp3) is 0.105. The average Bonchev–Trinajstić information content (AvgIpc) is 3.12. The molecule has 0 radical (unpaired) electrons. The summed E-state index contributed by atoms with van der Waals surface area (Å²) in [7, 11) is 0. The zero-order chi connectivity index (χ0) is 19.6. The van der Waals surface area contributed by atoms with E-state index in [4.69, 9.17) is 21.4 Å². The molecule has 0 bridgehead atoms. The van der Waals surface area contributed by atoms with Gasteiger partial charge in [0.05, 0.1) is 28.0 Å². The summed E-state index contributed by atoms with van der Waals surface area (Å²) in [6, 6.07) is 11.9. The molecule has 0 aliphatic heterocycles. The molecule has 27 heavy (non-hydrogen) atoms. The zero-order valence-electron chi connectivity index (χ0n) is 14.1. The largest absolute Gasteiger partial charge is 0.479 e. The summed E-state index contributed by atoms with van der Waals surface area (Å²) in [4.78, 5) is 24.0. The number of hydrogen-bond donors (Lipinski definition) is 1. The lowest BCUT2D eigenvalue weighted by Crippen LogP contribution is -2.23. The van der Waals surface area contributed by atoms with Crippen LogP contribution in [0.25, 0.3) is 5.69 Å². The molecule has 0 aliphatic rings. The van der Waals surface area contributed by atoms with Gasteiger partial charge in [-0.1, -0.05) is 39.7 Å². The molecule has 1 N–H and O–H groups in total. The normalized spacial score (nSPS) is 11.8. The molecule has 0 amide bonds. The number of ether oxygens (including phenoxy) is 1. The van der Waals surface area contributed by atoms with Gasteiger partial charge in [-0.25, -0.2) is 9.48 Å². The number of carboxylic acid groups (broad SMARTS) is 1. The third-order valence-electron chi connectivity index (χ3n) is 3.78. The maximum Gasteiger partial charge on any atom is 0.344 e. The van der Waals surface area contributed by atoms with Crippen molar-refractivity contribution in [2.45, 2.75) is 13.0 Å². The average molecular weight is 450 g/mol. The van der Waals surface area contributed by atoms with Crippen LogP contribution in [0.15, 0.2) is 59.3 Å². The summed E-state index contributed by atoms with van der Waals surface area (Å²) in [6.45, 7) is 1.40. The molecular formula is C19H14BrClN2O4. The number of benzene rings is 2. The van der Waals surface area contributed by atoms with Crippen LogP contribution in [-0.4, -0.2) is 32.7 Å². The number of nitrogens with zero attached hydrogens (tertiary/aromatic N) is 2. The minimum Gasteiger partial charge on any atom is -0.479 e. The molecule has 0 fully saturated rings. The number of ketones is 1. The first-order chi connectivity index (χ1) is 12.9. The zero-order valence-corrected chi connectivity index (χ0v) is 16.4. The summed E-state index contributed by atoms with van der Waals surface area (Å²) < 4.78 is 7.60. The Kier molecular flexibility index (Phi) is 5.62. The van der Waals surface area contributed by atoms with E-state index >= 15 is 0 Å². The lowest BCUT2D eigenvalue weighted by atomic mass is 10.1. The smallest absolute Gasteiger partial charge is 0.344 e. The Morgan fingerprint density at radius 3 is 2.70 bits per heavy atom. The van der Waals surface area contributed by atoms with Crippen LogP contribution in [-0.2, 0) is 4.79 Å². The molecule has 6 nitrogen and oxygen atoms in total. The molecule has 0 spiro atoms. The predicted octanol–water partition coefficient (Wildman–Crippen LogP) is 4.37. The minimum absolute atomic E-state index is 0.184. The van der Waals surface area contributed by atoms with E-state index in [-0.39, 0.29) is 17.1 Å². The highest BCUT2D eigenvalue weighted by Gasteiger charge is 2.21. The van der Waals surface area contributed by atoms with Crippen LogP contribution in [0.3, 0.4) is 0 Å². The number of hydrogen-bond acceptors (Lipinski definition) is 4. The molecule has 3 aromatic rings. The topological polar surface area (TPSA) is 81.4 Å². The van der Waals surface area contributed by atoms with Gasteiger partial charge in [0, 0.05) is 10.7 Å². The second kappa shape index (κ2) is 7.94. The molecule has 0 saturated carbocycles. The third-order valence-corrected chi connectivity index (χ3v) is 4.59. The third kappa shape index (κ3) is 4.20. The molecular weight excluding hydrogens is 436 g/mol. The van der Waals surface area contributed by atoms with Crippen molar-refractivity contribution >= 4 is 39.3 Å². The highest BCUT2D eigenvalue weighted by molar-refractivity contribution is 9.10. The molecule has 1 unspecified atom stereocenters. The van der Waals surface area contributed by atoms with Gasteiger partial charge >= 0.3 is 5.97 Å².